The Morgan fingerprint density at radius 2 is 1.96 bits per heavy atom. The lowest BCUT2D eigenvalue weighted by molar-refractivity contribution is 0.630. The van der Waals surface area contributed by atoms with Gasteiger partial charge in [-0.3, -0.25) is 5.10 Å². The fourth-order valence-corrected chi connectivity index (χ4v) is 2.54. The van der Waals surface area contributed by atoms with E-state index < -0.39 is 0 Å². The molecule has 0 radical (unpaired) electrons. The minimum atomic E-state index is -0.348. The van der Waals surface area contributed by atoms with Crippen LogP contribution in [0.3, 0.4) is 0 Å². The molecule has 0 aliphatic heterocycles. The predicted octanol–water partition coefficient (Wildman–Crippen LogP) is 3.95. The molecule has 0 bridgehead atoms. The Kier molecular flexibility index (Phi) is 3.55. The summed E-state index contributed by atoms with van der Waals surface area (Å²) in [4.78, 5) is 12.6. The SMILES string of the molecule is Fc1ccc2[nH]nc(Nc3ncnc(-c4ccccc4Cl)n3)c2c1. The Bertz CT molecular complexity index is 1030. The van der Waals surface area contributed by atoms with Crippen molar-refractivity contribution >= 4 is 34.3 Å². The summed E-state index contributed by atoms with van der Waals surface area (Å²) in [6.07, 6.45) is 1.38. The van der Waals surface area contributed by atoms with E-state index in [-0.39, 0.29) is 11.8 Å². The summed E-state index contributed by atoms with van der Waals surface area (Å²) in [5.74, 6) is 0.807. The van der Waals surface area contributed by atoms with Crippen LogP contribution in [-0.4, -0.2) is 25.1 Å². The van der Waals surface area contributed by atoms with E-state index in [9.17, 15) is 4.39 Å². The minimum absolute atomic E-state index is 0.289. The van der Waals surface area contributed by atoms with Crippen LogP contribution in [0.4, 0.5) is 16.2 Å². The summed E-state index contributed by atoms with van der Waals surface area (Å²) in [6, 6.07) is 11.6. The molecule has 0 atom stereocenters. The van der Waals surface area contributed by atoms with Crippen LogP contribution in [0.2, 0.25) is 5.02 Å². The molecule has 24 heavy (non-hydrogen) atoms. The molecule has 0 saturated carbocycles. The van der Waals surface area contributed by atoms with Gasteiger partial charge in [0.05, 0.1) is 10.5 Å². The van der Waals surface area contributed by atoms with Gasteiger partial charge in [0.1, 0.15) is 12.1 Å². The van der Waals surface area contributed by atoms with Gasteiger partial charge in [-0.05, 0) is 30.3 Å². The lowest BCUT2D eigenvalue weighted by atomic mass is 10.2. The lowest BCUT2D eigenvalue weighted by Gasteiger charge is -2.05. The normalized spacial score (nSPS) is 10.9. The quantitative estimate of drug-likeness (QED) is 0.590. The van der Waals surface area contributed by atoms with Crippen molar-refractivity contribution in [1.29, 1.82) is 0 Å². The number of aromatic nitrogens is 5. The molecule has 0 fully saturated rings. The van der Waals surface area contributed by atoms with Gasteiger partial charge in [0.25, 0.3) is 0 Å². The van der Waals surface area contributed by atoms with E-state index in [4.69, 9.17) is 11.6 Å². The first-order valence-electron chi connectivity index (χ1n) is 7.05. The molecule has 0 spiro atoms. The molecule has 2 aromatic carbocycles. The molecule has 0 aliphatic carbocycles. The molecule has 2 aromatic heterocycles. The highest BCUT2D eigenvalue weighted by atomic mass is 35.5. The molecular formula is C16H10ClFN6. The maximum atomic E-state index is 13.4. The van der Waals surface area contributed by atoms with Gasteiger partial charge in [-0.25, -0.2) is 14.4 Å². The van der Waals surface area contributed by atoms with E-state index in [1.54, 1.807) is 12.1 Å². The molecule has 2 N–H and O–H groups in total. The van der Waals surface area contributed by atoms with E-state index in [2.05, 4.69) is 30.5 Å². The van der Waals surface area contributed by atoms with Crippen LogP contribution < -0.4 is 5.32 Å². The fourth-order valence-electron chi connectivity index (χ4n) is 2.32. The molecule has 8 heteroatoms. The van der Waals surface area contributed by atoms with Gasteiger partial charge in [0, 0.05) is 10.9 Å². The molecule has 0 amide bonds. The van der Waals surface area contributed by atoms with Gasteiger partial charge in [0.15, 0.2) is 11.6 Å². The number of hydrogen-bond acceptors (Lipinski definition) is 5. The Labute approximate surface area is 140 Å². The summed E-state index contributed by atoms with van der Waals surface area (Å²) in [5.41, 5.74) is 1.40. The number of hydrogen-bond donors (Lipinski definition) is 2. The van der Waals surface area contributed by atoms with Gasteiger partial charge in [-0.1, -0.05) is 23.7 Å². The Hall–Kier alpha value is -3.06. The van der Waals surface area contributed by atoms with Gasteiger partial charge < -0.3 is 5.32 Å². The second-order valence-electron chi connectivity index (χ2n) is 5.00. The van der Waals surface area contributed by atoms with Gasteiger partial charge in [0.2, 0.25) is 5.95 Å². The smallest absolute Gasteiger partial charge is 0.231 e. The number of nitrogens with zero attached hydrogens (tertiary/aromatic N) is 4. The molecule has 6 nitrogen and oxygen atoms in total. The number of fused-ring (bicyclic) bond motifs is 1. The Balaban J connectivity index is 1.71. The number of nitrogens with one attached hydrogen (secondary N) is 2. The van der Waals surface area contributed by atoms with E-state index in [1.165, 1.54) is 18.5 Å². The summed E-state index contributed by atoms with van der Waals surface area (Å²) in [6.45, 7) is 0. The monoisotopic (exact) mass is 340 g/mol. The van der Waals surface area contributed by atoms with Crippen molar-refractivity contribution in [3.8, 4) is 11.4 Å². The third-order valence-electron chi connectivity index (χ3n) is 3.44. The predicted molar refractivity (Wildman–Crippen MR) is 89.6 cm³/mol. The van der Waals surface area contributed by atoms with Crippen molar-refractivity contribution in [2.24, 2.45) is 0 Å². The lowest BCUT2D eigenvalue weighted by Crippen LogP contribution is -2.00. The van der Waals surface area contributed by atoms with Crippen LogP contribution in [0.15, 0.2) is 48.8 Å². The van der Waals surface area contributed by atoms with Crippen molar-refractivity contribution in [3.63, 3.8) is 0 Å². The van der Waals surface area contributed by atoms with Crippen molar-refractivity contribution in [3.05, 3.63) is 59.6 Å². The van der Waals surface area contributed by atoms with Crippen LogP contribution in [0.5, 0.6) is 0 Å². The highest BCUT2D eigenvalue weighted by molar-refractivity contribution is 6.33. The Morgan fingerprint density at radius 1 is 1.08 bits per heavy atom. The van der Waals surface area contributed by atoms with Crippen LogP contribution in [0, 0.1) is 5.82 Å². The molecular weight excluding hydrogens is 331 g/mol. The summed E-state index contributed by atoms with van der Waals surface area (Å²) in [5, 5.41) is 11.1. The average molecular weight is 341 g/mol. The van der Waals surface area contributed by atoms with Crippen molar-refractivity contribution in [1.82, 2.24) is 25.1 Å². The molecule has 4 rings (SSSR count). The number of aromatic amines is 1. The molecule has 0 unspecified atom stereocenters. The summed E-state index contributed by atoms with van der Waals surface area (Å²) >= 11 is 6.17. The average Bonchev–Trinajstić information content (AvgIpc) is 2.98. The molecule has 0 aliphatic rings. The van der Waals surface area contributed by atoms with Gasteiger partial charge in [-0.2, -0.15) is 10.1 Å². The van der Waals surface area contributed by atoms with Gasteiger partial charge >= 0.3 is 0 Å². The maximum absolute atomic E-state index is 13.4. The highest BCUT2D eigenvalue weighted by Gasteiger charge is 2.11. The maximum Gasteiger partial charge on any atom is 0.231 e. The third kappa shape index (κ3) is 2.65. The van der Waals surface area contributed by atoms with Crippen LogP contribution in [0.25, 0.3) is 22.3 Å². The van der Waals surface area contributed by atoms with E-state index >= 15 is 0 Å². The number of halogens is 2. The van der Waals surface area contributed by atoms with Crippen molar-refractivity contribution in [2.45, 2.75) is 0 Å². The number of benzene rings is 2. The number of H-pyrrole nitrogens is 1. The van der Waals surface area contributed by atoms with E-state index in [1.807, 2.05) is 18.2 Å². The van der Waals surface area contributed by atoms with Crippen LogP contribution in [-0.2, 0) is 0 Å². The first kappa shape index (κ1) is 14.5. The number of rotatable bonds is 3. The van der Waals surface area contributed by atoms with Crippen LogP contribution in [0.1, 0.15) is 0 Å². The van der Waals surface area contributed by atoms with Crippen molar-refractivity contribution < 1.29 is 4.39 Å². The van der Waals surface area contributed by atoms with E-state index in [0.29, 0.717) is 33.1 Å². The second-order valence-corrected chi connectivity index (χ2v) is 5.41. The first-order valence-corrected chi connectivity index (χ1v) is 7.43. The van der Waals surface area contributed by atoms with Crippen molar-refractivity contribution in [2.75, 3.05) is 5.32 Å². The summed E-state index contributed by atoms with van der Waals surface area (Å²) < 4.78 is 13.4. The standard InChI is InChI=1S/C16H10ClFN6/c17-12-4-2-1-3-10(12)14-19-8-20-16(21-14)22-15-11-7-9(18)5-6-13(11)23-24-15/h1-8H,(H2,19,20,21,22,23,24). The Morgan fingerprint density at radius 3 is 2.83 bits per heavy atom. The summed E-state index contributed by atoms with van der Waals surface area (Å²) in [7, 11) is 0. The van der Waals surface area contributed by atoms with Gasteiger partial charge in [-0.15, -0.1) is 0 Å². The zero-order valence-corrected chi connectivity index (χ0v) is 12.9. The minimum Gasteiger partial charge on any atom is -0.307 e. The molecule has 0 saturated heterocycles. The largest absolute Gasteiger partial charge is 0.307 e. The molecule has 4 aromatic rings. The molecule has 118 valence electrons. The third-order valence-corrected chi connectivity index (χ3v) is 3.77. The van der Waals surface area contributed by atoms with Crippen LogP contribution >= 0.6 is 11.6 Å². The fraction of sp³-hybridized carbons (Fsp3) is 0. The highest BCUT2D eigenvalue weighted by Crippen LogP contribution is 2.26. The topological polar surface area (TPSA) is 79.4 Å². The zero-order valence-electron chi connectivity index (χ0n) is 12.2. The second kappa shape index (κ2) is 5.86. The zero-order chi connectivity index (χ0) is 16.5. The first-order chi connectivity index (χ1) is 11.7. The molecule has 2 heterocycles. The van der Waals surface area contributed by atoms with E-state index in [0.717, 1.165) is 0 Å². The number of anilines is 2.